The number of hydrogen-bond acceptors (Lipinski definition) is 1. The lowest BCUT2D eigenvalue weighted by atomic mass is 9.65. The Morgan fingerprint density at radius 3 is 2.50 bits per heavy atom. The van der Waals surface area contributed by atoms with Crippen LogP contribution in [0, 0.1) is 5.92 Å². The van der Waals surface area contributed by atoms with Crippen LogP contribution in [0.2, 0.25) is 0 Å². The molecule has 82 valence electrons. The molecule has 1 saturated heterocycles. The van der Waals surface area contributed by atoms with E-state index in [1.165, 1.54) is 19.4 Å². The van der Waals surface area contributed by atoms with Crippen LogP contribution in [0.5, 0.6) is 0 Å². The van der Waals surface area contributed by atoms with E-state index in [1.807, 2.05) is 0 Å². The fraction of sp³-hybridized carbons (Fsp3) is 1.00. The summed E-state index contributed by atoms with van der Waals surface area (Å²) in [5.41, 5.74) is 1.21. The maximum atomic E-state index is 3.01. The highest BCUT2D eigenvalue weighted by molar-refractivity contribution is 7.17. The van der Waals surface area contributed by atoms with Crippen molar-refractivity contribution in [3.63, 3.8) is 0 Å². The second-order valence-electron chi connectivity index (χ2n) is 5.38. The summed E-state index contributed by atoms with van der Waals surface area (Å²) in [7, 11) is 5.46. The number of rotatable bonds is 3. The van der Waals surface area contributed by atoms with Crippen LogP contribution >= 0.6 is 9.24 Å². The Morgan fingerprint density at radius 2 is 2.07 bits per heavy atom. The Morgan fingerprint density at radius 1 is 1.50 bits per heavy atom. The highest BCUT2D eigenvalue weighted by Crippen LogP contribution is 2.38. The summed E-state index contributed by atoms with van der Waals surface area (Å²) in [5.74, 6) is 0.801. The van der Waals surface area contributed by atoms with Crippen LogP contribution in [0.4, 0.5) is 0 Å². The molecule has 0 aromatic carbocycles. The highest BCUT2D eigenvalue weighted by atomic mass is 31.0. The number of nitrogens with zero attached hydrogens (tertiary/aromatic N) is 1. The predicted molar refractivity (Wildman–Crippen MR) is 70.7 cm³/mol. The third-order valence-corrected chi connectivity index (χ3v) is 4.51. The molecule has 1 aliphatic heterocycles. The maximum absolute atomic E-state index is 3.01. The minimum atomic E-state index is 0.426. The van der Waals surface area contributed by atoms with Gasteiger partial charge in [-0.1, -0.05) is 20.3 Å². The lowest BCUT2D eigenvalue weighted by molar-refractivity contribution is 0.121. The van der Waals surface area contributed by atoms with Gasteiger partial charge < -0.3 is 4.90 Å². The molecule has 0 saturated carbocycles. The normalized spacial score (nSPS) is 36.6. The van der Waals surface area contributed by atoms with E-state index < -0.39 is 0 Å². The largest absolute Gasteiger partial charge is 0.302 e. The summed E-state index contributed by atoms with van der Waals surface area (Å²) in [6.45, 7) is 10.6. The molecular weight excluding hydrogens is 188 g/mol. The SMILES string of the molecule is B[C@@]1(C(C)CC)C[C@@H](P)CN1C(C)C. The van der Waals surface area contributed by atoms with E-state index in [1.54, 1.807) is 0 Å². The van der Waals surface area contributed by atoms with Crippen molar-refractivity contribution in [3.05, 3.63) is 0 Å². The van der Waals surface area contributed by atoms with Crippen molar-refractivity contribution in [3.8, 4) is 0 Å². The van der Waals surface area contributed by atoms with E-state index in [9.17, 15) is 0 Å². The topological polar surface area (TPSA) is 3.24 Å². The van der Waals surface area contributed by atoms with Crippen LogP contribution in [0.1, 0.15) is 40.5 Å². The van der Waals surface area contributed by atoms with E-state index in [4.69, 9.17) is 0 Å². The first-order valence-corrected chi connectivity index (χ1v) is 6.60. The highest BCUT2D eigenvalue weighted by Gasteiger charge is 2.44. The van der Waals surface area contributed by atoms with Gasteiger partial charge in [-0.25, -0.2) is 0 Å². The van der Waals surface area contributed by atoms with Crippen LogP contribution in [0.3, 0.4) is 0 Å². The second kappa shape index (κ2) is 4.53. The average molecular weight is 213 g/mol. The van der Waals surface area contributed by atoms with E-state index in [-0.39, 0.29) is 0 Å². The molecule has 2 unspecified atom stereocenters. The summed E-state index contributed by atoms with van der Waals surface area (Å²) in [6, 6.07) is 0.680. The van der Waals surface area contributed by atoms with Gasteiger partial charge in [-0.05, 0) is 37.3 Å². The zero-order valence-corrected chi connectivity index (χ0v) is 11.5. The van der Waals surface area contributed by atoms with Gasteiger partial charge in [0.1, 0.15) is 7.85 Å². The predicted octanol–water partition coefficient (Wildman–Crippen LogP) is 1.72. The van der Waals surface area contributed by atoms with Crippen molar-refractivity contribution in [2.45, 2.75) is 57.7 Å². The Bertz CT molecular complexity index is 198. The fourth-order valence-corrected chi connectivity index (χ4v) is 3.60. The van der Waals surface area contributed by atoms with E-state index in [0.29, 0.717) is 11.5 Å². The molecule has 0 aliphatic carbocycles. The van der Waals surface area contributed by atoms with Crippen molar-refractivity contribution in [1.29, 1.82) is 0 Å². The third kappa shape index (κ3) is 2.17. The first-order chi connectivity index (χ1) is 6.41. The van der Waals surface area contributed by atoms with Gasteiger partial charge in [0.05, 0.1) is 0 Å². The van der Waals surface area contributed by atoms with Crippen molar-refractivity contribution < 1.29 is 0 Å². The lowest BCUT2D eigenvalue weighted by Gasteiger charge is -2.43. The Kier molecular flexibility index (Phi) is 4.06. The zero-order valence-electron chi connectivity index (χ0n) is 10.4. The monoisotopic (exact) mass is 213 g/mol. The van der Waals surface area contributed by atoms with Crippen molar-refractivity contribution in [2.24, 2.45) is 5.92 Å². The molecular formula is C11H25BNP. The standard InChI is InChI=1S/C11H25BNP/c1-5-9(4)11(12)6-10(14)7-13(11)8(2)3/h8-10H,5-7,12,14H2,1-4H3/t9?,10-,11+/m1/s1. The number of hydrogen-bond donors (Lipinski definition) is 0. The minimum Gasteiger partial charge on any atom is -0.302 e. The molecule has 0 amide bonds. The molecule has 1 rings (SSSR count). The van der Waals surface area contributed by atoms with E-state index >= 15 is 0 Å². The third-order valence-electron chi connectivity index (χ3n) is 4.06. The molecule has 1 heterocycles. The summed E-state index contributed by atoms with van der Waals surface area (Å²) in [4.78, 5) is 2.69. The van der Waals surface area contributed by atoms with Gasteiger partial charge in [0, 0.05) is 12.6 Å². The van der Waals surface area contributed by atoms with Crippen LogP contribution < -0.4 is 0 Å². The molecule has 0 aromatic rings. The summed E-state index contributed by atoms with van der Waals surface area (Å²) >= 11 is 0. The van der Waals surface area contributed by atoms with Crippen molar-refractivity contribution in [1.82, 2.24) is 4.90 Å². The van der Waals surface area contributed by atoms with Crippen LogP contribution in [0.15, 0.2) is 0 Å². The minimum absolute atomic E-state index is 0.426. The first-order valence-electron chi connectivity index (χ1n) is 5.94. The Labute approximate surface area is 92.6 Å². The van der Waals surface area contributed by atoms with Gasteiger partial charge in [-0.2, -0.15) is 0 Å². The van der Waals surface area contributed by atoms with Crippen LogP contribution in [-0.4, -0.2) is 36.4 Å². The van der Waals surface area contributed by atoms with Crippen LogP contribution in [0.25, 0.3) is 0 Å². The van der Waals surface area contributed by atoms with Crippen molar-refractivity contribution >= 4 is 17.1 Å². The molecule has 4 atom stereocenters. The van der Waals surface area contributed by atoms with Crippen LogP contribution in [-0.2, 0) is 0 Å². The van der Waals surface area contributed by atoms with Gasteiger partial charge >= 0.3 is 0 Å². The summed E-state index contributed by atoms with van der Waals surface area (Å²) < 4.78 is 0. The van der Waals surface area contributed by atoms with E-state index in [0.717, 1.165) is 11.6 Å². The smallest absolute Gasteiger partial charge is 0.128 e. The van der Waals surface area contributed by atoms with Gasteiger partial charge in [-0.15, -0.1) is 9.24 Å². The zero-order chi connectivity index (χ0) is 10.9. The molecule has 0 spiro atoms. The molecule has 1 aliphatic rings. The molecule has 0 N–H and O–H groups in total. The average Bonchev–Trinajstić information content (AvgIpc) is 2.41. The summed E-state index contributed by atoms with van der Waals surface area (Å²) in [5, 5.41) is 0. The van der Waals surface area contributed by atoms with Gasteiger partial charge in [-0.3, -0.25) is 0 Å². The lowest BCUT2D eigenvalue weighted by Crippen LogP contribution is -2.52. The molecule has 0 radical (unpaired) electrons. The molecule has 14 heavy (non-hydrogen) atoms. The summed E-state index contributed by atoms with van der Waals surface area (Å²) in [6.07, 6.45) is 2.63. The van der Waals surface area contributed by atoms with Crippen molar-refractivity contribution in [2.75, 3.05) is 6.54 Å². The Balaban J connectivity index is 2.83. The number of likely N-dealkylation sites (tertiary alicyclic amines) is 1. The molecule has 0 aromatic heterocycles. The molecule has 1 nitrogen and oxygen atoms in total. The van der Waals surface area contributed by atoms with E-state index in [2.05, 4.69) is 49.7 Å². The second-order valence-corrected chi connectivity index (χ2v) is 6.32. The Hall–Kier alpha value is 0.455. The fourth-order valence-electron chi connectivity index (χ4n) is 2.90. The van der Waals surface area contributed by atoms with Gasteiger partial charge in [0.15, 0.2) is 0 Å². The first kappa shape index (κ1) is 12.5. The maximum Gasteiger partial charge on any atom is 0.128 e. The molecule has 3 heteroatoms. The van der Waals surface area contributed by atoms with Gasteiger partial charge in [0.25, 0.3) is 0 Å². The van der Waals surface area contributed by atoms with Gasteiger partial charge in [0.2, 0.25) is 0 Å². The quantitative estimate of drug-likeness (QED) is 0.509. The molecule has 1 fully saturated rings. The molecule has 0 bridgehead atoms.